The number of ether oxygens (including phenoxy) is 6. The molecule has 264 valence electrons. The molecular weight excluding hydrogens is 664 g/mol. The molecule has 1 fully saturated rings. The lowest BCUT2D eigenvalue weighted by atomic mass is 9.97. The van der Waals surface area contributed by atoms with Crippen LogP contribution in [-0.2, 0) is 23.7 Å². The van der Waals surface area contributed by atoms with E-state index in [1.54, 1.807) is 121 Å². The number of esters is 4. The summed E-state index contributed by atoms with van der Waals surface area (Å²) in [7, 11) is 0. The predicted molar refractivity (Wildman–Crippen MR) is 189 cm³/mol. The molecule has 10 heteroatoms. The second-order valence-corrected chi connectivity index (χ2v) is 12.1. The third kappa shape index (κ3) is 8.54. The van der Waals surface area contributed by atoms with Gasteiger partial charge in [-0.3, -0.25) is 0 Å². The first-order valence-electron chi connectivity index (χ1n) is 16.7. The molecular formula is C42H36O10. The van der Waals surface area contributed by atoms with Gasteiger partial charge in [0.25, 0.3) is 0 Å². The third-order valence-corrected chi connectivity index (χ3v) is 8.38. The van der Waals surface area contributed by atoms with Gasteiger partial charge in [0.1, 0.15) is 18.5 Å². The highest BCUT2D eigenvalue weighted by molar-refractivity contribution is 5.91. The molecule has 1 saturated heterocycles. The first-order chi connectivity index (χ1) is 25.3. The Bertz CT molecular complexity index is 1960. The van der Waals surface area contributed by atoms with Crippen LogP contribution in [0.3, 0.4) is 0 Å². The molecule has 0 N–H and O–H groups in total. The van der Waals surface area contributed by atoms with Crippen LogP contribution in [0.2, 0.25) is 0 Å². The van der Waals surface area contributed by atoms with Crippen LogP contribution in [0.4, 0.5) is 0 Å². The lowest BCUT2D eigenvalue weighted by molar-refractivity contribution is -0.275. The molecule has 0 spiro atoms. The van der Waals surface area contributed by atoms with Gasteiger partial charge in [-0.05, 0) is 73.5 Å². The quantitative estimate of drug-likeness (QED) is 0.106. The fourth-order valence-corrected chi connectivity index (χ4v) is 5.72. The Balaban J connectivity index is 1.44. The topological polar surface area (TPSA) is 124 Å². The molecule has 0 unspecified atom stereocenters. The summed E-state index contributed by atoms with van der Waals surface area (Å²) in [6.45, 7) is 3.23. The number of carbonyl (C=O) groups is 4. The summed E-state index contributed by atoms with van der Waals surface area (Å²) in [4.78, 5) is 54.3. The van der Waals surface area contributed by atoms with Gasteiger partial charge in [0.2, 0.25) is 12.4 Å². The molecule has 0 bridgehead atoms. The summed E-state index contributed by atoms with van der Waals surface area (Å²) in [6.07, 6.45) is -7.18. The van der Waals surface area contributed by atoms with Crippen molar-refractivity contribution in [3.63, 3.8) is 0 Å². The summed E-state index contributed by atoms with van der Waals surface area (Å²) in [5.41, 5.74) is 2.37. The number of para-hydroxylation sites is 1. The van der Waals surface area contributed by atoms with E-state index in [1.807, 2.05) is 32.0 Å². The molecule has 1 heterocycles. The lowest BCUT2D eigenvalue weighted by Gasteiger charge is -2.44. The molecule has 5 aromatic carbocycles. The van der Waals surface area contributed by atoms with Crippen molar-refractivity contribution in [3.05, 3.63) is 173 Å². The van der Waals surface area contributed by atoms with Gasteiger partial charge in [0, 0.05) is 0 Å². The van der Waals surface area contributed by atoms with E-state index >= 15 is 0 Å². The van der Waals surface area contributed by atoms with E-state index < -0.39 is 61.2 Å². The zero-order valence-electron chi connectivity index (χ0n) is 28.5. The standard InChI is InChI=1S/C42H36O10/c1-27-16-15-17-28(2)34(27)52-42-37(51-41(46)32-24-13-6-14-25-32)36(50-40(45)31-22-11-5-12-23-31)35(49-39(44)30-20-9-4-10-21-30)33(48-42)26-47-38(43)29-18-7-3-8-19-29/h3-25,33,35-37,42H,26H2,1-2H3/t33-,35-,36+,37-,42+/m1/s1. The highest BCUT2D eigenvalue weighted by Crippen LogP contribution is 2.34. The second kappa shape index (κ2) is 16.6. The van der Waals surface area contributed by atoms with Crippen molar-refractivity contribution in [2.75, 3.05) is 6.61 Å². The zero-order chi connectivity index (χ0) is 36.5. The van der Waals surface area contributed by atoms with Gasteiger partial charge in [-0.2, -0.15) is 0 Å². The minimum Gasteiger partial charge on any atom is -0.460 e. The molecule has 0 aromatic heterocycles. The van der Waals surface area contributed by atoms with Gasteiger partial charge < -0.3 is 28.4 Å². The van der Waals surface area contributed by atoms with E-state index in [4.69, 9.17) is 28.4 Å². The summed E-state index contributed by atoms with van der Waals surface area (Å²) in [6, 6.07) is 38.5. The number of hydrogen-bond acceptors (Lipinski definition) is 10. The minimum absolute atomic E-state index is 0.189. The maximum atomic E-state index is 13.8. The van der Waals surface area contributed by atoms with Gasteiger partial charge in [-0.15, -0.1) is 0 Å². The number of aryl methyl sites for hydroxylation is 2. The van der Waals surface area contributed by atoms with Crippen LogP contribution in [0.15, 0.2) is 140 Å². The van der Waals surface area contributed by atoms with Gasteiger partial charge in [-0.1, -0.05) is 91.0 Å². The Kier molecular flexibility index (Phi) is 11.4. The van der Waals surface area contributed by atoms with E-state index in [0.29, 0.717) is 5.75 Å². The molecule has 0 saturated carbocycles. The Hall–Kier alpha value is -6.26. The van der Waals surface area contributed by atoms with E-state index in [1.165, 1.54) is 0 Å². The molecule has 52 heavy (non-hydrogen) atoms. The van der Waals surface area contributed by atoms with E-state index in [2.05, 4.69) is 0 Å². The largest absolute Gasteiger partial charge is 0.460 e. The average molecular weight is 701 g/mol. The van der Waals surface area contributed by atoms with Crippen LogP contribution in [0.1, 0.15) is 52.6 Å². The van der Waals surface area contributed by atoms with Gasteiger partial charge in [-0.25, -0.2) is 19.2 Å². The Labute approximate surface area is 300 Å². The zero-order valence-corrected chi connectivity index (χ0v) is 28.5. The van der Waals surface area contributed by atoms with Crippen molar-refractivity contribution in [1.82, 2.24) is 0 Å². The Morgan fingerprint density at radius 2 is 0.865 bits per heavy atom. The number of carbonyl (C=O) groups excluding carboxylic acids is 4. The van der Waals surface area contributed by atoms with Crippen LogP contribution in [0.5, 0.6) is 5.75 Å². The van der Waals surface area contributed by atoms with Crippen LogP contribution in [-0.4, -0.2) is 61.2 Å². The van der Waals surface area contributed by atoms with Gasteiger partial charge in [0.05, 0.1) is 22.3 Å². The molecule has 0 radical (unpaired) electrons. The van der Waals surface area contributed by atoms with Crippen molar-refractivity contribution in [2.24, 2.45) is 0 Å². The number of rotatable bonds is 11. The molecule has 5 atom stereocenters. The van der Waals surface area contributed by atoms with Crippen molar-refractivity contribution >= 4 is 23.9 Å². The van der Waals surface area contributed by atoms with Crippen LogP contribution in [0, 0.1) is 13.8 Å². The van der Waals surface area contributed by atoms with E-state index in [9.17, 15) is 19.2 Å². The Morgan fingerprint density at radius 3 is 1.31 bits per heavy atom. The lowest BCUT2D eigenvalue weighted by Crippen LogP contribution is -2.64. The first-order valence-corrected chi connectivity index (χ1v) is 16.7. The summed E-state index contributed by atoms with van der Waals surface area (Å²) < 4.78 is 36.9. The van der Waals surface area contributed by atoms with Crippen molar-refractivity contribution < 1.29 is 47.6 Å². The maximum Gasteiger partial charge on any atom is 0.338 e. The molecule has 0 aliphatic carbocycles. The predicted octanol–water partition coefficient (Wildman–Crippen LogP) is 6.94. The highest BCUT2D eigenvalue weighted by atomic mass is 16.7. The molecule has 6 rings (SSSR count). The monoisotopic (exact) mass is 700 g/mol. The molecule has 5 aromatic rings. The summed E-state index contributed by atoms with van der Waals surface area (Å²) >= 11 is 0. The summed E-state index contributed by atoms with van der Waals surface area (Å²) in [5.74, 6) is -2.58. The maximum absolute atomic E-state index is 13.8. The van der Waals surface area contributed by atoms with Gasteiger partial charge >= 0.3 is 23.9 Å². The summed E-state index contributed by atoms with van der Waals surface area (Å²) in [5, 5.41) is 0. The molecule has 0 amide bonds. The van der Waals surface area contributed by atoms with Crippen LogP contribution < -0.4 is 4.74 Å². The highest BCUT2D eigenvalue weighted by Gasteiger charge is 2.54. The van der Waals surface area contributed by atoms with Crippen LogP contribution in [0.25, 0.3) is 0 Å². The molecule has 10 nitrogen and oxygen atoms in total. The molecule has 1 aliphatic heterocycles. The fourth-order valence-electron chi connectivity index (χ4n) is 5.72. The molecule has 1 aliphatic rings. The van der Waals surface area contributed by atoms with Crippen molar-refractivity contribution in [3.8, 4) is 5.75 Å². The minimum atomic E-state index is -1.52. The normalized spacial score (nSPS) is 19.5. The van der Waals surface area contributed by atoms with Crippen molar-refractivity contribution in [2.45, 2.75) is 44.6 Å². The number of benzene rings is 5. The van der Waals surface area contributed by atoms with E-state index in [0.717, 1.165) is 11.1 Å². The smallest absolute Gasteiger partial charge is 0.338 e. The van der Waals surface area contributed by atoms with E-state index in [-0.39, 0.29) is 22.3 Å². The van der Waals surface area contributed by atoms with Crippen LogP contribution >= 0.6 is 0 Å². The average Bonchev–Trinajstić information content (AvgIpc) is 3.18. The first kappa shape index (κ1) is 35.6. The number of hydrogen-bond donors (Lipinski definition) is 0. The second-order valence-electron chi connectivity index (χ2n) is 12.1. The van der Waals surface area contributed by atoms with Crippen molar-refractivity contribution in [1.29, 1.82) is 0 Å². The third-order valence-electron chi connectivity index (χ3n) is 8.38. The Morgan fingerprint density at radius 1 is 0.481 bits per heavy atom. The van der Waals surface area contributed by atoms with Gasteiger partial charge in [0.15, 0.2) is 12.2 Å². The fraction of sp³-hybridized carbons (Fsp3) is 0.190. The SMILES string of the molecule is Cc1cccc(C)c1O[C@@H]1O[C@H](COC(=O)c2ccccc2)[C@@H](OC(=O)c2ccccc2)[C@H](OC(=O)c2ccccc2)[C@H]1OC(=O)c1ccccc1.